The first-order valence-electron chi connectivity index (χ1n) is 8.42. The van der Waals surface area contributed by atoms with Crippen LogP contribution in [0.4, 0.5) is 0 Å². The molecule has 0 aliphatic carbocycles. The molecule has 2 aliphatic heterocycles. The topological polar surface area (TPSA) is 98.8 Å². The largest absolute Gasteiger partial charge is 0.481 e. The Balaban J connectivity index is 1.66. The lowest BCUT2D eigenvalue weighted by atomic mass is 9.98. The number of H-pyrrole nitrogens is 1. The molecule has 1 amide bonds. The van der Waals surface area contributed by atoms with Gasteiger partial charge in [-0.3, -0.25) is 14.5 Å². The number of aromatic amines is 1. The Morgan fingerprint density at radius 3 is 2.71 bits per heavy atom. The number of nitrogens with zero attached hydrogens (tertiary/aromatic N) is 3. The first-order chi connectivity index (χ1) is 11.6. The number of hydrogen-bond donors (Lipinski definition) is 2. The highest BCUT2D eigenvalue weighted by Crippen LogP contribution is 2.20. The number of aliphatic carboxylic acids is 1. The third-order valence-corrected chi connectivity index (χ3v) is 4.79. The van der Waals surface area contributed by atoms with Gasteiger partial charge in [-0.15, -0.1) is 0 Å². The SMILES string of the molecule is O=C(O)[C@H]1CN(Cc2cnc[nH]2)CCN(C(=O)C2CCOCC2)C1. The smallest absolute Gasteiger partial charge is 0.309 e. The Kier molecular flexibility index (Phi) is 5.47. The van der Waals surface area contributed by atoms with Crippen LogP contribution in [0.3, 0.4) is 0 Å². The van der Waals surface area contributed by atoms with Crippen LogP contribution in [0.15, 0.2) is 12.5 Å². The predicted octanol–water partition coefficient (Wildman–Crippen LogP) is 0.181. The summed E-state index contributed by atoms with van der Waals surface area (Å²) in [5.41, 5.74) is 0.948. The Bertz CT molecular complexity index is 556. The molecule has 1 aromatic rings. The van der Waals surface area contributed by atoms with Crippen molar-refractivity contribution in [2.24, 2.45) is 11.8 Å². The van der Waals surface area contributed by atoms with Crippen LogP contribution >= 0.6 is 0 Å². The molecular formula is C16H24N4O4. The molecule has 3 heterocycles. The van der Waals surface area contributed by atoms with Crippen molar-refractivity contribution in [3.8, 4) is 0 Å². The molecular weight excluding hydrogens is 312 g/mol. The Morgan fingerprint density at radius 2 is 2.04 bits per heavy atom. The fraction of sp³-hybridized carbons (Fsp3) is 0.688. The number of amides is 1. The van der Waals surface area contributed by atoms with E-state index < -0.39 is 11.9 Å². The summed E-state index contributed by atoms with van der Waals surface area (Å²) < 4.78 is 5.31. The number of ether oxygens (including phenoxy) is 1. The van der Waals surface area contributed by atoms with Gasteiger partial charge in [0.15, 0.2) is 0 Å². The highest BCUT2D eigenvalue weighted by atomic mass is 16.5. The Hall–Kier alpha value is -1.93. The van der Waals surface area contributed by atoms with Crippen molar-refractivity contribution in [2.45, 2.75) is 19.4 Å². The number of carboxylic acids is 1. The number of carbonyl (C=O) groups is 2. The summed E-state index contributed by atoms with van der Waals surface area (Å²) in [7, 11) is 0. The van der Waals surface area contributed by atoms with Gasteiger partial charge in [-0.1, -0.05) is 0 Å². The minimum absolute atomic E-state index is 0.0349. The van der Waals surface area contributed by atoms with Crippen LogP contribution in [0.25, 0.3) is 0 Å². The molecule has 0 aromatic carbocycles. The van der Waals surface area contributed by atoms with E-state index >= 15 is 0 Å². The van der Waals surface area contributed by atoms with Crippen LogP contribution in [0.2, 0.25) is 0 Å². The lowest BCUT2D eigenvalue weighted by molar-refractivity contribution is -0.145. The maximum Gasteiger partial charge on any atom is 0.309 e. The van der Waals surface area contributed by atoms with Crippen molar-refractivity contribution in [1.29, 1.82) is 0 Å². The first-order valence-corrected chi connectivity index (χ1v) is 8.42. The van der Waals surface area contributed by atoms with Crippen LogP contribution in [-0.2, 0) is 20.9 Å². The quantitative estimate of drug-likeness (QED) is 0.814. The Morgan fingerprint density at radius 1 is 1.25 bits per heavy atom. The normalized spacial score (nSPS) is 23.8. The van der Waals surface area contributed by atoms with Gasteiger partial charge in [-0.05, 0) is 12.8 Å². The second-order valence-corrected chi connectivity index (χ2v) is 6.52. The van der Waals surface area contributed by atoms with E-state index in [2.05, 4.69) is 14.9 Å². The molecule has 2 N–H and O–H groups in total. The van der Waals surface area contributed by atoms with E-state index in [0.29, 0.717) is 39.4 Å². The van der Waals surface area contributed by atoms with E-state index in [1.54, 1.807) is 17.4 Å². The molecule has 1 atom stereocenters. The molecule has 0 saturated carbocycles. The van der Waals surface area contributed by atoms with Crippen LogP contribution in [0.1, 0.15) is 18.5 Å². The van der Waals surface area contributed by atoms with Gasteiger partial charge in [0, 0.05) is 63.7 Å². The lowest BCUT2D eigenvalue weighted by Gasteiger charge is -2.29. The summed E-state index contributed by atoms with van der Waals surface area (Å²) in [5, 5.41) is 9.51. The van der Waals surface area contributed by atoms with Crippen molar-refractivity contribution in [2.75, 3.05) is 39.4 Å². The van der Waals surface area contributed by atoms with Crippen molar-refractivity contribution < 1.29 is 19.4 Å². The van der Waals surface area contributed by atoms with Crippen molar-refractivity contribution in [3.05, 3.63) is 18.2 Å². The minimum Gasteiger partial charge on any atom is -0.481 e. The number of rotatable bonds is 4. The fourth-order valence-electron chi connectivity index (χ4n) is 3.39. The lowest BCUT2D eigenvalue weighted by Crippen LogP contribution is -2.42. The van der Waals surface area contributed by atoms with Gasteiger partial charge in [0.2, 0.25) is 5.91 Å². The van der Waals surface area contributed by atoms with Crippen LogP contribution < -0.4 is 0 Å². The molecule has 2 fully saturated rings. The number of carbonyl (C=O) groups excluding carboxylic acids is 1. The maximum absolute atomic E-state index is 12.7. The molecule has 1 aromatic heterocycles. The van der Waals surface area contributed by atoms with Gasteiger partial charge in [-0.2, -0.15) is 0 Å². The van der Waals surface area contributed by atoms with E-state index in [-0.39, 0.29) is 18.4 Å². The highest BCUT2D eigenvalue weighted by Gasteiger charge is 2.33. The summed E-state index contributed by atoms with van der Waals surface area (Å²) >= 11 is 0. The van der Waals surface area contributed by atoms with Gasteiger partial charge >= 0.3 is 5.97 Å². The average Bonchev–Trinajstić information content (AvgIpc) is 3.00. The number of imidazole rings is 1. The molecule has 0 spiro atoms. The predicted molar refractivity (Wildman–Crippen MR) is 85.1 cm³/mol. The summed E-state index contributed by atoms with van der Waals surface area (Å²) in [4.78, 5) is 35.2. The summed E-state index contributed by atoms with van der Waals surface area (Å²) in [6.45, 7) is 3.78. The molecule has 2 saturated heterocycles. The van der Waals surface area contributed by atoms with Gasteiger partial charge in [0.05, 0.1) is 12.2 Å². The van der Waals surface area contributed by atoms with E-state index in [1.807, 2.05) is 0 Å². The van der Waals surface area contributed by atoms with Gasteiger partial charge < -0.3 is 19.7 Å². The minimum atomic E-state index is -0.851. The fourth-order valence-corrected chi connectivity index (χ4v) is 3.39. The zero-order chi connectivity index (χ0) is 16.9. The summed E-state index contributed by atoms with van der Waals surface area (Å²) in [5.74, 6) is -1.38. The van der Waals surface area contributed by atoms with Gasteiger partial charge in [-0.25, -0.2) is 4.98 Å². The zero-order valence-corrected chi connectivity index (χ0v) is 13.7. The molecule has 0 bridgehead atoms. The summed E-state index contributed by atoms with van der Waals surface area (Å²) in [6.07, 6.45) is 4.81. The van der Waals surface area contributed by atoms with Crippen molar-refractivity contribution in [1.82, 2.24) is 19.8 Å². The van der Waals surface area contributed by atoms with Crippen LogP contribution in [-0.4, -0.2) is 76.1 Å². The molecule has 132 valence electrons. The maximum atomic E-state index is 12.7. The molecule has 8 nitrogen and oxygen atoms in total. The number of nitrogens with one attached hydrogen (secondary N) is 1. The second kappa shape index (κ2) is 7.76. The molecule has 2 aliphatic rings. The molecule has 24 heavy (non-hydrogen) atoms. The molecule has 0 radical (unpaired) electrons. The third-order valence-electron chi connectivity index (χ3n) is 4.79. The average molecular weight is 336 g/mol. The van der Waals surface area contributed by atoms with Gasteiger partial charge in [0.1, 0.15) is 0 Å². The molecule has 8 heteroatoms. The number of carboxylic acid groups (broad SMARTS) is 1. The van der Waals surface area contributed by atoms with E-state index in [9.17, 15) is 14.7 Å². The number of aromatic nitrogens is 2. The van der Waals surface area contributed by atoms with Crippen LogP contribution in [0, 0.1) is 11.8 Å². The van der Waals surface area contributed by atoms with Gasteiger partial charge in [0.25, 0.3) is 0 Å². The van der Waals surface area contributed by atoms with Crippen LogP contribution in [0.5, 0.6) is 0 Å². The van der Waals surface area contributed by atoms with E-state index in [1.165, 1.54) is 0 Å². The summed E-state index contributed by atoms with van der Waals surface area (Å²) in [6, 6.07) is 0. The molecule has 3 rings (SSSR count). The second-order valence-electron chi connectivity index (χ2n) is 6.52. The standard InChI is InChI=1S/C16H24N4O4/c21-15(12-1-5-24-6-2-12)20-4-3-19(8-13(9-20)16(22)23)10-14-7-17-11-18-14/h7,11-13H,1-6,8-10H2,(H,17,18)(H,22,23)/t13-/m0/s1. The Labute approximate surface area is 140 Å². The van der Waals surface area contributed by atoms with E-state index in [4.69, 9.17) is 4.74 Å². The third kappa shape index (κ3) is 4.12. The molecule has 0 unspecified atom stereocenters. The first kappa shape index (κ1) is 16.9. The van der Waals surface area contributed by atoms with E-state index in [0.717, 1.165) is 18.5 Å². The van der Waals surface area contributed by atoms with Crippen molar-refractivity contribution in [3.63, 3.8) is 0 Å². The highest BCUT2D eigenvalue weighted by molar-refractivity contribution is 5.80. The monoisotopic (exact) mass is 336 g/mol. The number of hydrogen-bond acceptors (Lipinski definition) is 5. The zero-order valence-electron chi connectivity index (χ0n) is 13.7. The van der Waals surface area contributed by atoms with Crippen molar-refractivity contribution >= 4 is 11.9 Å².